The van der Waals surface area contributed by atoms with Crippen molar-refractivity contribution < 1.29 is 14.4 Å². The molecule has 0 radical (unpaired) electrons. The van der Waals surface area contributed by atoms with Crippen molar-refractivity contribution in [3.8, 4) is 11.6 Å². The Morgan fingerprint density at radius 1 is 1.50 bits per heavy atom. The highest BCUT2D eigenvalue weighted by Crippen LogP contribution is 2.43. The second-order valence-electron chi connectivity index (χ2n) is 4.89. The highest BCUT2D eigenvalue weighted by molar-refractivity contribution is 5.50. The van der Waals surface area contributed by atoms with E-state index >= 15 is 0 Å². The second kappa shape index (κ2) is 5.06. The number of ether oxygens (including phenoxy) is 2. The Balaban J connectivity index is 2.24. The van der Waals surface area contributed by atoms with E-state index < -0.39 is 10.8 Å². The fourth-order valence-electron chi connectivity index (χ4n) is 2.61. The van der Waals surface area contributed by atoms with Gasteiger partial charge in [-0.2, -0.15) is 0 Å². The number of fused-ring (bicyclic) bond motifs is 1. The summed E-state index contributed by atoms with van der Waals surface area (Å²) in [5.41, 5.74) is 7.51. The lowest BCUT2D eigenvalue weighted by atomic mass is 9.87. The average molecular weight is 302 g/mol. The first-order valence-corrected chi connectivity index (χ1v) is 6.53. The summed E-state index contributed by atoms with van der Waals surface area (Å²) < 4.78 is 10.5. The minimum Gasteiger partial charge on any atom is -0.497 e. The summed E-state index contributed by atoms with van der Waals surface area (Å²) in [5.74, 6) is -0.0641. The largest absolute Gasteiger partial charge is 0.497 e. The molecule has 0 bridgehead atoms. The van der Waals surface area contributed by atoms with Gasteiger partial charge in [-0.1, -0.05) is 12.1 Å². The molecule has 0 unspecified atom stereocenters. The summed E-state index contributed by atoms with van der Waals surface area (Å²) in [7, 11) is 1.54. The Morgan fingerprint density at radius 3 is 2.95 bits per heavy atom. The predicted molar refractivity (Wildman–Crippen MR) is 77.0 cm³/mol. The normalized spacial score (nSPS) is 16.9. The van der Waals surface area contributed by atoms with Crippen LogP contribution in [0, 0.1) is 17.0 Å². The van der Waals surface area contributed by atoms with Crippen molar-refractivity contribution in [2.45, 2.75) is 12.8 Å². The molecule has 0 saturated carbocycles. The molecule has 22 heavy (non-hydrogen) atoms. The molecule has 1 atom stereocenters. The molecule has 1 aromatic heterocycles. The SMILES string of the molecule is COc1cccc([C@H]2C([N+](=O)[O-])=C(N)Oc3n[nH]c(C)c32)c1. The molecular weight excluding hydrogens is 288 g/mol. The van der Waals surface area contributed by atoms with Gasteiger partial charge in [-0.05, 0) is 24.6 Å². The number of benzene rings is 1. The Hall–Kier alpha value is -3.03. The maximum absolute atomic E-state index is 11.5. The van der Waals surface area contributed by atoms with E-state index in [1.165, 1.54) is 7.11 Å². The van der Waals surface area contributed by atoms with Crippen LogP contribution in [0.25, 0.3) is 0 Å². The number of aryl methyl sites for hydroxylation is 1. The zero-order chi connectivity index (χ0) is 15.9. The Kier molecular flexibility index (Phi) is 3.21. The second-order valence-corrected chi connectivity index (χ2v) is 4.89. The summed E-state index contributed by atoms with van der Waals surface area (Å²) >= 11 is 0. The molecule has 1 aromatic carbocycles. The van der Waals surface area contributed by atoms with Crippen LogP contribution in [0.3, 0.4) is 0 Å². The molecule has 1 aliphatic rings. The molecular formula is C14H14N4O4. The lowest BCUT2D eigenvalue weighted by Crippen LogP contribution is -2.25. The van der Waals surface area contributed by atoms with Gasteiger partial charge in [-0.15, -0.1) is 5.10 Å². The third kappa shape index (κ3) is 2.05. The van der Waals surface area contributed by atoms with Gasteiger partial charge in [0.25, 0.3) is 5.88 Å². The Morgan fingerprint density at radius 2 is 2.27 bits per heavy atom. The van der Waals surface area contributed by atoms with Gasteiger partial charge < -0.3 is 15.2 Å². The lowest BCUT2D eigenvalue weighted by molar-refractivity contribution is -0.432. The van der Waals surface area contributed by atoms with E-state index in [2.05, 4.69) is 10.2 Å². The van der Waals surface area contributed by atoms with Crippen LogP contribution in [0.1, 0.15) is 22.7 Å². The van der Waals surface area contributed by atoms with Crippen LogP contribution in [0.5, 0.6) is 11.6 Å². The van der Waals surface area contributed by atoms with E-state index in [1.807, 2.05) is 0 Å². The highest BCUT2D eigenvalue weighted by Gasteiger charge is 2.41. The van der Waals surface area contributed by atoms with Crippen molar-refractivity contribution >= 4 is 0 Å². The van der Waals surface area contributed by atoms with Crippen LogP contribution in [0.2, 0.25) is 0 Å². The lowest BCUT2D eigenvalue weighted by Gasteiger charge is -2.21. The molecule has 0 amide bonds. The fourth-order valence-corrected chi connectivity index (χ4v) is 2.61. The maximum Gasteiger partial charge on any atom is 0.317 e. The van der Waals surface area contributed by atoms with Crippen molar-refractivity contribution in [1.82, 2.24) is 10.2 Å². The summed E-state index contributed by atoms with van der Waals surface area (Å²) in [4.78, 5) is 11.0. The average Bonchev–Trinajstić information content (AvgIpc) is 2.86. The summed E-state index contributed by atoms with van der Waals surface area (Å²) in [6.45, 7) is 1.78. The van der Waals surface area contributed by atoms with Gasteiger partial charge in [0, 0.05) is 5.69 Å². The van der Waals surface area contributed by atoms with Crippen molar-refractivity contribution in [3.63, 3.8) is 0 Å². The minimum absolute atomic E-state index is 0.203. The van der Waals surface area contributed by atoms with E-state index in [4.69, 9.17) is 15.2 Å². The van der Waals surface area contributed by atoms with Crippen molar-refractivity contribution in [2.24, 2.45) is 5.73 Å². The predicted octanol–water partition coefficient (Wildman–Crippen LogP) is 1.66. The van der Waals surface area contributed by atoms with E-state index in [-0.39, 0.29) is 17.5 Å². The van der Waals surface area contributed by atoms with E-state index in [0.717, 1.165) is 0 Å². The van der Waals surface area contributed by atoms with Crippen molar-refractivity contribution in [2.75, 3.05) is 7.11 Å². The quantitative estimate of drug-likeness (QED) is 0.658. The first kappa shape index (κ1) is 13.9. The molecule has 0 spiro atoms. The molecule has 1 aliphatic heterocycles. The van der Waals surface area contributed by atoms with Crippen LogP contribution in [0.4, 0.5) is 0 Å². The van der Waals surface area contributed by atoms with Gasteiger partial charge in [-0.25, -0.2) is 0 Å². The van der Waals surface area contributed by atoms with Gasteiger partial charge in [0.2, 0.25) is 5.88 Å². The van der Waals surface area contributed by atoms with E-state index in [9.17, 15) is 10.1 Å². The summed E-state index contributed by atoms with van der Waals surface area (Å²) in [6, 6.07) is 7.06. The van der Waals surface area contributed by atoms with Crippen LogP contribution in [-0.2, 0) is 0 Å². The minimum atomic E-state index is -0.674. The number of aromatic nitrogens is 2. The Bertz CT molecular complexity index is 781. The molecule has 0 saturated heterocycles. The van der Waals surface area contributed by atoms with Gasteiger partial charge in [0.05, 0.1) is 17.6 Å². The van der Waals surface area contributed by atoms with Crippen LogP contribution in [0.15, 0.2) is 35.8 Å². The van der Waals surface area contributed by atoms with Crippen molar-refractivity contribution in [1.29, 1.82) is 0 Å². The Labute approximate surface area is 125 Å². The topological polar surface area (TPSA) is 116 Å². The van der Waals surface area contributed by atoms with Crippen LogP contribution < -0.4 is 15.2 Å². The zero-order valence-electron chi connectivity index (χ0n) is 12.0. The number of H-pyrrole nitrogens is 1. The van der Waals surface area contributed by atoms with Gasteiger partial charge in [0.15, 0.2) is 0 Å². The molecule has 0 fully saturated rings. The molecule has 8 nitrogen and oxygen atoms in total. The molecule has 0 aliphatic carbocycles. The zero-order valence-corrected chi connectivity index (χ0v) is 12.0. The summed E-state index contributed by atoms with van der Waals surface area (Å²) in [5, 5.41) is 18.3. The third-order valence-corrected chi connectivity index (χ3v) is 3.60. The standard InChI is InChI=1S/C14H14N4O4/c1-7-10-11(8-4-3-5-9(6-8)21-2)12(18(19)20)13(15)22-14(10)17-16-7/h3-6,11H,15H2,1-2H3,(H,16,17)/t11-/m1/s1. The molecule has 2 aromatic rings. The molecule has 8 heteroatoms. The third-order valence-electron chi connectivity index (χ3n) is 3.60. The number of methoxy groups -OCH3 is 1. The van der Waals surface area contributed by atoms with Gasteiger partial charge in [0.1, 0.15) is 11.7 Å². The van der Waals surface area contributed by atoms with E-state index in [1.54, 1.807) is 31.2 Å². The number of aromatic amines is 1. The number of nitrogens with two attached hydrogens (primary N) is 1. The van der Waals surface area contributed by atoms with E-state index in [0.29, 0.717) is 22.6 Å². The van der Waals surface area contributed by atoms with Crippen molar-refractivity contribution in [3.05, 3.63) is 62.8 Å². The number of hydrogen-bond acceptors (Lipinski definition) is 6. The van der Waals surface area contributed by atoms with Crippen LogP contribution >= 0.6 is 0 Å². The number of nitrogens with one attached hydrogen (secondary N) is 1. The number of rotatable bonds is 3. The number of hydrogen-bond donors (Lipinski definition) is 2. The van der Waals surface area contributed by atoms with Crippen LogP contribution in [-0.4, -0.2) is 22.2 Å². The number of nitro groups is 1. The first-order valence-electron chi connectivity index (χ1n) is 6.53. The van der Waals surface area contributed by atoms with Gasteiger partial charge in [-0.3, -0.25) is 15.2 Å². The number of allylic oxidation sites excluding steroid dienone is 1. The van der Waals surface area contributed by atoms with Gasteiger partial charge >= 0.3 is 5.70 Å². The maximum atomic E-state index is 11.5. The number of nitrogens with zero attached hydrogens (tertiary/aromatic N) is 2. The fraction of sp³-hybridized carbons (Fsp3) is 0.214. The molecule has 3 N–H and O–H groups in total. The smallest absolute Gasteiger partial charge is 0.317 e. The molecule has 114 valence electrons. The molecule has 2 heterocycles. The highest BCUT2D eigenvalue weighted by atomic mass is 16.6. The first-order chi connectivity index (χ1) is 10.5. The monoisotopic (exact) mass is 302 g/mol. The molecule has 3 rings (SSSR count). The summed E-state index contributed by atoms with van der Waals surface area (Å²) in [6.07, 6.45) is 0.